The molecule has 1 amide bonds. The van der Waals surface area contributed by atoms with Gasteiger partial charge < -0.3 is 10.6 Å². The Balaban J connectivity index is 3.96. The maximum Gasteiger partial charge on any atom is 0.237 e. The van der Waals surface area contributed by atoms with Gasteiger partial charge >= 0.3 is 0 Å². The first kappa shape index (κ1) is 14.0. The highest BCUT2D eigenvalue weighted by Crippen LogP contribution is 2.07. The first-order valence-electron chi connectivity index (χ1n) is 5.50. The Hall–Kier alpha value is -1.01. The monoisotopic (exact) mass is 210 g/mol. The molecule has 0 rings (SSSR count). The molecule has 86 valence electrons. The topological polar surface area (TPSA) is 41.1 Å². The van der Waals surface area contributed by atoms with Crippen molar-refractivity contribution in [3.8, 4) is 12.3 Å². The molecule has 2 N–H and O–H groups in total. The van der Waals surface area contributed by atoms with Crippen LogP contribution < -0.4 is 10.6 Å². The van der Waals surface area contributed by atoms with Crippen molar-refractivity contribution in [2.24, 2.45) is 5.92 Å². The van der Waals surface area contributed by atoms with E-state index in [4.69, 9.17) is 6.42 Å². The summed E-state index contributed by atoms with van der Waals surface area (Å²) in [6.45, 7) is 8.56. The molecule has 0 aromatic heterocycles. The Kier molecular flexibility index (Phi) is 6.81. The Labute approximate surface area is 93.0 Å². The molecular formula is C12H22N2O. The number of terminal acetylenes is 1. The Bertz CT molecular complexity index is 232. The number of amides is 1. The summed E-state index contributed by atoms with van der Waals surface area (Å²) in [5, 5.41) is 5.92. The number of rotatable bonds is 6. The summed E-state index contributed by atoms with van der Waals surface area (Å²) in [5.41, 5.74) is 0. The van der Waals surface area contributed by atoms with Gasteiger partial charge in [-0.1, -0.05) is 26.2 Å². The zero-order valence-electron chi connectivity index (χ0n) is 10.1. The van der Waals surface area contributed by atoms with Crippen molar-refractivity contribution in [3.63, 3.8) is 0 Å². The molecule has 0 saturated heterocycles. The highest BCUT2D eigenvalue weighted by atomic mass is 16.2. The summed E-state index contributed by atoms with van der Waals surface area (Å²) in [7, 11) is 0. The number of hydrogen-bond donors (Lipinski definition) is 2. The van der Waals surface area contributed by atoms with Gasteiger partial charge in [-0.25, -0.2) is 0 Å². The maximum absolute atomic E-state index is 11.5. The van der Waals surface area contributed by atoms with Crippen molar-refractivity contribution in [3.05, 3.63) is 0 Å². The molecule has 0 aliphatic carbocycles. The first-order valence-corrected chi connectivity index (χ1v) is 5.50. The molecule has 0 fully saturated rings. The predicted molar refractivity (Wildman–Crippen MR) is 63.4 cm³/mol. The predicted octanol–water partition coefficient (Wildman–Crippen LogP) is 1.15. The van der Waals surface area contributed by atoms with E-state index in [1.165, 1.54) is 0 Å². The average molecular weight is 210 g/mol. The summed E-state index contributed by atoms with van der Waals surface area (Å²) >= 11 is 0. The van der Waals surface area contributed by atoms with Crippen LogP contribution in [0.2, 0.25) is 0 Å². The fourth-order valence-electron chi connectivity index (χ4n) is 1.28. The van der Waals surface area contributed by atoms with E-state index in [1.807, 2.05) is 6.92 Å². The van der Waals surface area contributed by atoms with Gasteiger partial charge in [0.2, 0.25) is 5.91 Å². The fourth-order valence-corrected chi connectivity index (χ4v) is 1.28. The van der Waals surface area contributed by atoms with Crippen LogP contribution in [0, 0.1) is 18.3 Å². The zero-order valence-corrected chi connectivity index (χ0v) is 10.1. The number of hydrogen-bond acceptors (Lipinski definition) is 2. The van der Waals surface area contributed by atoms with Crippen LogP contribution >= 0.6 is 0 Å². The van der Waals surface area contributed by atoms with Gasteiger partial charge in [0.15, 0.2) is 0 Å². The van der Waals surface area contributed by atoms with E-state index < -0.39 is 0 Å². The summed E-state index contributed by atoms with van der Waals surface area (Å²) in [4.78, 5) is 11.5. The highest BCUT2D eigenvalue weighted by molar-refractivity contribution is 5.81. The van der Waals surface area contributed by atoms with Crippen LogP contribution in [0.4, 0.5) is 0 Å². The van der Waals surface area contributed by atoms with Gasteiger partial charge in [0, 0.05) is 6.04 Å². The van der Waals surface area contributed by atoms with E-state index in [-0.39, 0.29) is 11.9 Å². The smallest absolute Gasteiger partial charge is 0.237 e. The zero-order chi connectivity index (χ0) is 11.8. The third-order valence-electron chi connectivity index (χ3n) is 2.77. The normalized spacial score (nSPS) is 16.2. The highest BCUT2D eigenvalue weighted by Gasteiger charge is 2.17. The van der Waals surface area contributed by atoms with Crippen molar-refractivity contribution in [1.82, 2.24) is 10.6 Å². The van der Waals surface area contributed by atoms with E-state index >= 15 is 0 Å². The molecule has 15 heavy (non-hydrogen) atoms. The van der Waals surface area contributed by atoms with E-state index in [1.54, 1.807) is 0 Å². The van der Waals surface area contributed by atoms with Crippen LogP contribution in [0.25, 0.3) is 0 Å². The second-order valence-electron chi connectivity index (χ2n) is 3.98. The molecule has 0 saturated carbocycles. The van der Waals surface area contributed by atoms with Crippen LogP contribution in [0.3, 0.4) is 0 Å². The number of carbonyl (C=O) groups is 1. The molecule has 0 aliphatic rings. The third kappa shape index (κ3) is 5.44. The fraction of sp³-hybridized carbons (Fsp3) is 0.750. The largest absolute Gasteiger partial charge is 0.344 e. The van der Waals surface area contributed by atoms with E-state index in [0.717, 1.165) is 6.42 Å². The van der Waals surface area contributed by atoms with Crippen molar-refractivity contribution in [1.29, 1.82) is 0 Å². The molecular weight excluding hydrogens is 188 g/mol. The second kappa shape index (κ2) is 7.30. The standard InChI is InChI=1S/C12H22N2O/c1-6-8-13-12(15)11(5)14-10(4)9(3)7-2/h1,9-11,14H,7-8H2,2-5H3,(H,13,15). The van der Waals surface area contributed by atoms with Gasteiger partial charge in [-0.15, -0.1) is 6.42 Å². The van der Waals surface area contributed by atoms with Crippen LogP contribution in [-0.4, -0.2) is 24.5 Å². The number of nitrogens with one attached hydrogen (secondary N) is 2. The van der Waals surface area contributed by atoms with Crippen LogP contribution in [0.5, 0.6) is 0 Å². The molecule has 3 heteroatoms. The molecule has 3 nitrogen and oxygen atoms in total. The van der Waals surface area contributed by atoms with E-state index in [2.05, 4.69) is 37.3 Å². The van der Waals surface area contributed by atoms with Crippen molar-refractivity contribution in [2.75, 3.05) is 6.54 Å². The van der Waals surface area contributed by atoms with Gasteiger partial charge in [-0.05, 0) is 19.8 Å². The molecule has 0 radical (unpaired) electrons. The van der Waals surface area contributed by atoms with E-state index in [0.29, 0.717) is 18.5 Å². The molecule has 0 heterocycles. The molecule has 3 unspecified atom stereocenters. The molecule has 0 aliphatic heterocycles. The van der Waals surface area contributed by atoms with Crippen molar-refractivity contribution < 1.29 is 4.79 Å². The summed E-state index contributed by atoms with van der Waals surface area (Å²) < 4.78 is 0. The second-order valence-corrected chi connectivity index (χ2v) is 3.98. The van der Waals surface area contributed by atoms with Crippen LogP contribution in [-0.2, 0) is 4.79 Å². The molecule has 0 aromatic rings. The van der Waals surface area contributed by atoms with Gasteiger partial charge in [0.05, 0.1) is 12.6 Å². The van der Waals surface area contributed by atoms with Crippen LogP contribution in [0.1, 0.15) is 34.1 Å². The number of carbonyl (C=O) groups excluding carboxylic acids is 1. The lowest BCUT2D eigenvalue weighted by atomic mass is 10.0. The van der Waals surface area contributed by atoms with Gasteiger partial charge in [0.1, 0.15) is 0 Å². The summed E-state index contributed by atoms with van der Waals surface area (Å²) in [5.74, 6) is 2.91. The minimum absolute atomic E-state index is 0.0388. The quantitative estimate of drug-likeness (QED) is 0.646. The van der Waals surface area contributed by atoms with Crippen molar-refractivity contribution >= 4 is 5.91 Å². The maximum atomic E-state index is 11.5. The molecule has 0 bridgehead atoms. The van der Waals surface area contributed by atoms with E-state index in [9.17, 15) is 4.79 Å². The average Bonchev–Trinajstić information content (AvgIpc) is 2.24. The Morgan fingerprint density at radius 1 is 1.40 bits per heavy atom. The lowest BCUT2D eigenvalue weighted by molar-refractivity contribution is -0.122. The molecule has 3 atom stereocenters. The lowest BCUT2D eigenvalue weighted by Crippen LogP contribution is -2.47. The summed E-state index contributed by atoms with van der Waals surface area (Å²) in [6, 6.07) is 0.143. The summed E-state index contributed by atoms with van der Waals surface area (Å²) in [6.07, 6.45) is 6.17. The molecule has 0 aromatic carbocycles. The minimum atomic E-state index is -0.192. The first-order chi connectivity index (χ1) is 7.02. The lowest BCUT2D eigenvalue weighted by Gasteiger charge is -2.23. The molecule has 0 spiro atoms. The van der Waals surface area contributed by atoms with Gasteiger partial charge in [-0.2, -0.15) is 0 Å². The van der Waals surface area contributed by atoms with Crippen molar-refractivity contribution in [2.45, 2.75) is 46.2 Å². The minimum Gasteiger partial charge on any atom is -0.344 e. The Morgan fingerprint density at radius 2 is 2.00 bits per heavy atom. The van der Waals surface area contributed by atoms with Gasteiger partial charge in [-0.3, -0.25) is 4.79 Å². The SMILES string of the molecule is C#CCNC(=O)C(C)NC(C)C(C)CC. The van der Waals surface area contributed by atoms with Gasteiger partial charge in [0.25, 0.3) is 0 Å². The van der Waals surface area contributed by atoms with Crippen LogP contribution in [0.15, 0.2) is 0 Å². The Morgan fingerprint density at radius 3 is 2.47 bits per heavy atom. The third-order valence-corrected chi connectivity index (χ3v) is 2.77.